The van der Waals surface area contributed by atoms with Gasteiger partial charge in [-0.3, -0.25) is 4.79 Å². The number of nitrogens with one attached hydrogen (secondary N) is 1. The molecule has 1 rings (SSSR count). The van der Waals surface area contributed by atoms with Crippen molar-refractivity contribution in [3.63, 3.8) is 0 Å². The van der Waals surface area contributed by atoms with E-state index in [1.54, 1.807) is 0 Å². The first-order valence-corrected chi connectivity index (χ1v) is 3.60. The molecule has 0 aromatic rings. The predicted octanol–water partition coefficient (Wildman–Crippen LogP) is -0.175. The van der Waals surface area contributed by atoms with Crippen molar-refractivity contribution in [2.45, 2.75) is 24.9 Å². The van der Waals surface area contributed by atoms with E-state index in [1.165, 1.54) is 0 Å². The minimum Gasteiger partial charge on any atom is -0.356 e. The molecular formula is C7H14N2O. The Hall–Kier alpha value is -0.570. The van der Waals surface area contributed by atoms with Gasteiger partial charge < -0.3 is 10.2 Å². The van der Waals surface area contributed by atoms with Gasteiger partial charge in [0, 0.05) is 12.1 Å². The molecule has 1 amide bonds. The van der Waals surface area contributed by atoms with Crippen LogP contribution in [0.5, 0.6) is 0 Å². The molecular weight excluding hydrogens is 128 g/mol. The van der Waals surface area contributed by atoms with Crippen molar-refractivity contribution in [3.05, 3.63) is 0 Å². The van der Waals surface area contributed by atoms with Gasteiger partial charge in [0.15, 0.2) is 0 Å². The van der Waals surface area contributed by atoms with E-state index < -0.39 is 0 Å². The summed E-state index contributed by atoms with van der Waals surface area (Å²) < 4.78 is 0. The fraction of sp³-hybridized carbons (Fsp3) is 0.857. The maximum absolute atomic E-state index is 9.96. The lowest BCUT2D eigenvalue weighted by molar-refractivity contribution is -0.111. The van der Waals surface area contributed by atoms with Crippen LogP contribution in [0.2, 0.25) is 0 Å². The van der Waals surface area contributed by atoms with E-state index in [1.807, 2.05) is 0 Å². The summed E-state index contributed by atoms with van der Waals surface area (Å²) in [4.78, 5) is 12.2. The Kier molecular flexibility index (Phi) is 2.27. The normalized spacial score (nSPS) is 31.5. The Morgan fingerprint density at radius 2 is 2.10 bits per heavy atom. The van der Waals surface area contributed by atoms with Crippen LogP contribution in [0, 0.1) is 0 Å². The van der Waals surface area contributed by atoms with E-state index in [4.69, 9.17) is 0 Å². The van der Waals surface area contributed by atoms with Crippen molar-refractivity contribution < 1.29 is 4.79 Å². The fourth-order valence-electron chi connectivity index (χ4n) is 1.24. The van der Waals surface area contributed by atoms with Gasteiger partial charge in [0.2, 0.25) is 6.41 Å². The van der Waals surface area contributed by atoms with Crippen LogP contribution in [0.25, 0.3) is 0 Å². The van der Waals surface area contributed by atoms with Gasteiger partial charge in [0.1, 0.15) is 0 Å². The van der Waals surface area contributed by atoms with Crippen LogP contribution < -0.4 is 5.32 Å². The van der Waals surface area contributed by atoms with Crippen LogP contribution in [0.4, 0.5) is 0 Å². The number of hydrogen-bond acceptors (Lipinski definition) is 2. The Labute approximate surface area is 61.4 Å². The number of carbonyl (C=O) groups is 1. The van der Waals surface area contributed by atoms with Crippen LogP contribution in [-0.4, -0.2) is 37.5 Å². The van der Waals surface area contributed by atoms with Crippen LogP contribution in [0.15, 0.2) is 0 Å². The lowest BCUT2D eigenvalue weighted by Gasteiger charge is -2.39. The SMILES string of the molecule is CN(C)[C@H]1C[C@@H](NC=O)C1. The zero-order valence-electron chi connectivity index (χ0n) is 6.50. The van der Waals surface area contributed by atoms with Gasteiger partial charge in [-0.1, -0.05) is 0 Å². The second-order valence-corrected chi connectivity index (χ2v) is 3.07. The van der Waals surface area contributed by atoms with Gasteiger partial charge in [0.25, 0.3) is 0 Å². The molecule has 10 heavy (non-hydrogen) atoms. The molecule has 0 unspecified atom stereocenters. The summed E-state index contributed by atoms with van der Waals surface area (Å²) in [5.74, 6) is 0. The molecule has 3 heteroatoms. The molecule has 0 aromatic carbocycles. The quantitative estimate of drug-likeness (QED) is 0.555. The average Bonchev–Trinajstić information content (AvgIpc) is 1.76. The molecule has 1 N–H and O–H groups in total. The number of nitrogens with zero attached hydrogens (tertiary/aromatic N) is 1. The first kappa shape index (κ1) is 7.54. The van der Waals surface area contributed by atoms with E-state index in [0.29, 0.717) is 12.1 Å². The van der Waals surface area contributed by atoms with Crippen molar-refractivity contribution >= 4 is 6.41 Å². The molecule has 3 nitrogen and oxygen atoms in total. The lowest BCUT2D eigenvalue weighted by atomic mass is 9.86. The number of rotatable bonds is 3. The summed E-state index contributed by atoms with van der Waals surface area (Å²) in [6, 6.07) is 1.11. The number of amides is 1. The van der Waals surface area contributed by atoms with Gasteiger partial charge >= 0.3 is 0 Å². The Balaban J connectivity index is 2.11. The van der Waals surface area contributed by atoms with E-state index in [0.717, 1.165) is 19.3 Å². The minimum atomic E-state index is 0.435. The predicted molar refractivity (Wildman–Crippen MR) is 39.7 cm³/mol. The van der Waals surface area contributed by atoms with Crippen molar-refractivity contribution in [3.8, 4) is 0 Å². The zero-order chi connectivity index (χ0) is 7.56. The highest BCUT2D eigenvalue weighted by atomic mass is 16.1. The van der Waals surface area contributed by atoms with Crippen molar-refractivity contribution in [2.75, 3.05) is 14.1 Å². The topological polar surface area (TPSA) is 32.3 Å². The Morgan fingerprint density at radius 3 is 2.50 bits per heavy atom. The molecule has 1 saturated carbocycles. The van der Waals surface area contributed by atoms with E-state index in [-0.39, 0.29) is 0 Å². The van der Waals surface area contributed by atoms with Crippen LogP contribution in [-0.2, 0) is 4.79 Å². The molecule has 0 spiro atoms. The van der Waals surface area contributed by atoms with Gasteiger partial charge in [-0.15, -0.1) is 0 Å². The summed E-state index contributed by atoms with van der Waals surface area (Å²) in [6.07, 6.45) is 2.99. The maximum Gasteiger partial charge on any atom is 0.207 e. The molecule has 0 aliphatic heterocycles. The van der Waals surface area contributed by atoms with Crippen molar-refractivity contribution in [2.24, 2.45) is 0 Å². The molecule has 0 saturated heterocycles. The molecule has 0 bridgehead atoms. The molecule has 1 fully saturated rings. The van der Waals surface area contributed by atoms with Crippen LogP contribution in [0.3, 0.4) is 0 Å². The zero-order valence-corrected chi connectivity index (χ0v) is 6.50. The van der Waals surface area contributed by atoms with Crippen LogP contribution >= 0.6 is 0 Å². The summed E-state index contributed by atoms with van der Waals surface area (Å²) in [5.41, 5.74) is 0. The molecule has 1 aliphatic rings. The summed E-state index contributed by atoms with van der Waals surface area (Å²) in [5, 5.41) is 2.76. The summed E-state index contributed by atoms with van der Waals surface area (Å²) in [7, 11) is 4.14. The highest BCUT2D eigenvalue weighted by molar-refractivity contribution is 5.47. The second-order valence-electron chi connectivity index (χ2n) is 3.07. The van der Waals surface area contributed by atoms with Gasteiger partial charge in [-0.25, -0.2) is 0 Å². The smallest absolute Gasteiger partial charge is 0.207 e. The largest absolute Gasteiger partial charge is 0.356 e. The van der Waals surface area contributed by atoms with Crippen LogP contribution in [0.1, 0.15) is 12.8 Å². The second kappa shape index (κ2) is 3.01. The molecule has 0 atom stereocenters. The van der Waals surface area contributed by atoms with Gasteiger partial charge in [0.05, 0.1) is 0 Å². The van der Waals surface area contributed by atoms with Gasteiger partial charge in [-0.2, -0.15) is 0 Å². The summed E-state index contributed by atoms with van der Waals surface area (Å²) >= 11 is 0. The molecule has 0 aromatic heterocycles. The van der Waals surface area contributed by atoms with Crippen molar-refractivity contribution in [1.82, 2.24) is 10.2 Å². The summed E-state index contributed by atoms with van der Waals surface area (Å²) in [6.45, 7) is 0. The number of carbonyl (C=O) groups excluding carboxylic acids is 1. The Bertz CT molecular complexity index is 119. The third-order valence-corrected chi connectivity index (χ3v) is 2.15. The standard InChI is InChI=1S/C7H14N2O/c1-9(2)7-3-6(4-7)8-5-10/h5-7H,3-4H2,1-2H3,(H,8,10)/t6-,7+. The lowest BCUT2D eigenvalue weighted by Crippen LogP contribution is -2.49. The molecule has 58 valence electrons. The van der Waals surface area contributed by atoms with Gasteiger partial charge in [-0.05, 0) is 26.9 Å². The highest BCUT2D eigenvalue weighted by Crippen LogP contribution is 2.22. The monoisotopic (exact) mass is 142 g/mol. The maximum atomic E-state index is 9.96. The van der Waals surface area contributed by atoms with Crippen molar-refractivity contribution in [1.29, 1.82) is 0 Å². The molecule has 0 heterocycles. The minimum absolute atomic E-state index is 0.435. The third-order valence-electron chi connectivity index (χ3n) is 2.15. The number of hydrogen-bond donors (Lipinski definition) is 1. The van der Waals surface area contributed by atoms with E-state index >= 15 is 0 Å². The first-order chi connectivity index (χ1) is 4.74. The van der Waals surface area contributed by atoms with E-state index in [9.17, 15) is 4.79 Å². The Morgan fingerprint density at radius 1 is 1.50 bits per heavy atom. The first-order valence-electron chi connectivity index (χ1n) is 3.60. The molecule has 1 aliphatic carbocycles. The highest BCUT2D eigenvalue weighted by Gasteiger charge is 2.29. The molecule has 0 radical (unpaired) electrons. The third kappa shape index (κ3) is 1.48. The fourth-order valence-corrected chi connectivity index (χ4v) is 1.24. The average molecular weight is 142 g/mol. The van der Waals surface area contributed by atoms with E-state index in [2.05, 4.69) is 24.3 Å².